The average molecular weight is 337 g/mol. The predicted octanol–water partition coefficient (Wildman–Crippen LogP) is 3.44. The molecule has 3 aromatic rings. The van der Waals surface area contributed by atoms with Crippen LogP contribution in [0.3, 0.4) is 0 Å². The van der Waals surface area contributed by atoms with Gasteiger partial charge in [0, 0.05) is 37.4 Å². The SMILES string of the molecule is CNC(=O)c1cc2c(Oc3ccc(NC)cc3)ccnc2cc1OC. The number of carbonyl (C=O) groups excluding carboxylic acids is 1. The smallest absolute Gasteiger partial charge is 0.254 e. The Labute approximate surface area is 145 Å². The summed E-state index contributed by atoms with van der Waals surface area (Å²) in [5, 5.41) is 6.41. The fourth-order valence-corrected chi connectivity index (χ4v) is 2.53. The van der Waals surface area contributed by atoms with Gasteiger partial charge in [0.15, 0.2) is 0 Å². The highest BCUT2D eigenvalue weighted by atomic mass is 16.5. The van der Waals surface area contributed by atoms with E-state index in [2.05, 4.69) is 15.6 Å². The van der Waals surface area contributed by atoms with E-state index in [9.17, 15) is 4.79 Å². The van der Waals surface area contributed by atoms with Crippen molar-refractivity contribution >= 4 is 22.5 Å². The molecule has 0 unspecified atom stereocenters. The molecule has 3 rings (SSSR count). The summed E-state index contributed by atoms with van der Waals surface area (Å²) < 4.78 is 11.3. The summed E-state index contributed by atoms with van der Waals surface area (Å²) in [5.41, 5.74) is 2.12. The third kappa shape index (κ3) is 3.33. The molecule has 128 valence electrons. The van der Waals surface area contributed by atoms with Gasteiger partial charge in [-0.1, -0.05) is 0 Å². The standard InChI is InChI=1S/C19H19N3O3/c1-20-12-4-6-13(7-5-12)25-17-8-9-22-16-11-18(24-3)15(10-14(16)17)19(23)21-2/h4-11,20H,1-3H3,(H,21,23). The maximum atomic E-state index is 12.1. The van der Waals surface area contributed by atoms with Crippen LogP contribution in [0.4, 0.5) is 5.69 Å². The number of nitrogens with zero attached hydrogens (tertiary/aromatic N) is 1. The van der Waals surface area contributed by atoms with Crippen LogP contribution in [0.25, 0.3) is 10.9 Å². The Hall–Kier alpha value is -3.28. The first-order valence-corrected chi connectivity index (χ1v) is 7.80. The number of hydrogen-bond donors (Lipinski definition) is 2. The monoisotopic (exact) mass is 337 g/mol. The number of nitrogens with one attached hydrogen (secondary N) is 2. The first-order chi connectivity index (χ1) is 12.2. The van der Waals surface area contributed by atoms with Crippen molar-refractivity contribution in [2.24, 2.45) is 0 Å². The number of ether oxygens (including phenoxy) is 2. The second kappa shape index (κ2) is 7.09. The zero-order chi connectivity index (χ0) is 17.8. The lowest BCUT2D eigenvalue weighted by atomic mass is 10.1. The summed E-state index contributed by atoms with van der Waals surface area (Å²) in [5.74, 6) is 1.56. The Balaban J connectivity index is 2.06. The van der Waals surface area contributed by atoms with Gasteiger partial charge in [0.05, 0.1) is 18.2 Å². The largest absolute Gasteiger partial charge is 0.496 e. The van der Waals surface area contributed by atoms with Crippen molar-refractivity contribution in [3.8, 4) is 17.2 Å². The first kappa shape index (κ1) is 16.6. The number of hydrogen-bond acceptors (Lipinski definition) is 5. The Kier molecular flexibility index (Phi) is 4.70. The molecule has 1 aromatic heterocycles. The summed E-state index contributed by atoms with van der Waals surface area (Å²) in [7, 11) is 4.97. The normalized spacial score (nSPS) is 10.4. The molecule has 0 bridgehead atoms. The van der Waals surface area contributed by atoms with Crippen LogP contribution in [-0.4, -0.2) is 32.1 Å². The van der Waals surface area contributed by atoms with Crippen molar-refractivity contribution in [1.82, 2.24) is 10.3 Å². The van der Waals surface area contributed by atoms with Gasteiger partial charge in [0.1, 0.15) is 17.2 Å². The van der Waals surface area contributed by atoms with Crippen molar-refractivity contribution in [2.45, 2.75) is 0 Å². The van der Waals surface area contributed by atoms with E-state index >= 15 is 0 Å². The lowest BCUT2D eigenvalue weighted by molar-refractivity contribution is 0.0960. The summed E-state index contributed by atoms with van der Waals surface area (Å²) in [6.07, 6.45) is 1.67. The van der Waals surface area contributed by atoms with Crippen LogP contribution in [0.1, 0.15) is 10.4 Å². The fraction of sp³-hybridized carbons (Fsp3) is 0.158. The van der Waals surface area contributed by atoms with Gasteiger partial charge in [-0.15, -0.1) is 0 Å². The highest BCUT2D eigenvalue weighted by molar-refractivity contribution is 6.02. The minimum atomic E-state index is -0.230. The van der Waals surface area contributed by atoms with E-state index in [0.717, 1.165) is 11.1 Å². The molecule has 0 fully saturated rings. The molecule has 0 aliphatic heterocycles. The van der Waals surface area contributed by atoms with Gasteiger partial charge in [-0.2, -0.15) is 0 Å². The van der Waals surface area contributed by atoms with Crippen LogP contribution in [0.2, 0.25) is 0 Å². The summed E-state index contributed by atoms with van der Waals surface area (Å²) in [6, 6.07) is 12.8. The molecule has 25 heavy (non-hydrogen) atoms. The molecule has 0 aliphatic carbocycles. The molecule has 6 heteroatoms. The molecular formula is C19H19N3O3. The topological polar surface area (TPSA) is 72.5 Å². The van der Waals surface area contributed by atoms with Gasteiger partial charge in [0.2, 0.25) is 0 Å². The summed E-state index contributed by atoms with van der Waals surface area (Å²) in [4.78, 5) is 16.5. The molecule has 0 atom stereocenters. The van der Waals surface area contributed by atoms with E-state index in [1.165, 1.54) is 7.11 Å². The van der Waals surface area contributed by atoms with Gasteiger partial charge in [-0.05, 0) is 36.4 Å². The number of aromatic nitrogens is 1. The molecule has 1 heterocycles. The number of pyridine rings is 1. The molecule has 0 spiro atoms. The van der Waals surface area contributed by atoms with Gasteiger partial charge < -0.3 is 20.1 Å². The zero-order valence-corrected chi connectivity index (χ0v) is 14.3. The van der Waals surface area contributed by atoms with Crippen LogP contribution < -0.4 is 20.1 Å². The van der Waals surface area contributed by atoms with Crippen LogP contribution in [0, 0.1) is 0 Å². The Morgan fingerprint density at radius 3 is 2.44 bits per heavy atom. The maximum Gasteiger partial charge on any atom is 0.254 e. The number of benzene rings is 2. The molecule has 0 radical (unpaired) electrons. The lowest BCUT2D eigenvalue weighted by Crippen LogP contribution is -2.18. The third-order valence-corrected chi connectivity index (χ3v) is 3.87. The highest BCUT2D eigenvalue weighted by Crippen LogP contribution is 2.33. The van der Waals surface area contributed by atoms with Crippen LogP contribution in [0.15, 0.2) is 48.7 Å². The molecule has 2 aromatic carbocycles. The van der Waals surface area contributed by atoms with E-state index in [1.54, 1.807) is 31.4 Å². The van der Waals surface area contributed by atoms with E-state index in [1.807, 2.05) is 31.3 Å². The number of fused-ring (bicyclic) bond motifs is 1. The first-order valence-electron chi connectivity index (χ1n) is 7.80. The highest BCUT2D eigenvalue weighted by Gasteiger charge is 2.15. The second-order valence-corrected chi connectivity index (χ2v) is 5.33. The van der Waals surface area contributed by atoms with Crippen molar-refractivity contribution < 1.29 is 14.3 Å². The molecule has 0 aliphatic rings. The van der Waals surface area contributed by atoms with Gasteiger partial charge in [-0.25, -0.2) is 0 Å². The van der Waals surface area contributed by atoms with E-state index < -0.39 is 0 Å². The Morgan fingerprint density at radius 2 is 1.80 bits per heavy atom. The van der Waals surface area contributed by atoms with Crippen molar-refractivity contribution in [2.75, 3.05) is 26.5 Å². The molecule has 0 saturated carbocycles. The number of anilines is 1. The van der Waals surface area contributed by atoms with Crippen LogP contribution in [0.5, 0.6) is 17.2 Å². The third-order valence-electron chi connectivity index (χ3n) is 3.87. The van der Waals surface area contributed by atoms with Gasteiger partial charge in [0.25, 0.3) is 5.91 Å². The number of rotatable bonds is 5. The van der Waals surface area contributed by atoms with E-state index in [-0.39, 0.29) is 5.91 Å². The summed E-state index contributed by atoms with van der Waals surface area (Å²) >= 11 is 0. The fourth-order valence-electron chi connectivity index (χ4n) is 2.53. The maximum absolute atomic E-state index is 12.1. The average Bonchev–Trinajstić information content (AvgIpc) is 2.67. The van der Waals surface area contributed by atoms with Crippen LogP contribution >= 0.6 is 0 Å². The molecular weight excluding hydrogens is 318 g/mol. The number of methoxy groups -OCH3 is 1. The van der Waals surface area contributed by atoms with E-state index in [4.69, 9.17) is 9.47 Å². The minimum absolute atomic E-state index is 0.230. The predicted molar refractivity (Wildman–Crippen MR) is 97.7 cm³/mol. The van der Waals surface area contributed by atoms with E-state index in [0.29, 0.717) is 28.3 Å². The van der Waals surface area contributed by atoms with Gasteiger partial charge >= 0.3 is 0 Å². The lowest BCUT2D eigenvalue weighted by Gasteiger charge is -2.12. The van der Waals surface area contributed by atoms with Crippen LogP contribution in [-0.2, 0) is 0 Å². The van der Waals surface area contributed by atoms with Gasteiger partial charge in [-0.3, -0.25) is 9.78 Å². The Bertz CT molecular complexity index is 908. The minimum Gasteiger partial charge on any atom is -0.496 e. The second-order valence-electron chi connectivity index (χ2n) is 5.33. The van der Waals surface area contributed by atoms with Crippen molar-refractivity contribution in [3.05, 3.63) is 54.2 Å². The molecule has 0 saturated heterocycles. The quantitative estimate of drug-likeness (QED) is 0.746. The molecule has 1 amide bonds. The van der Waals surface area contributed by atoms with Crippen molar-refractivity contribution in [1.29, 1.82) is 0 Å². The zero-order valence-electron chi connectivity index (χ0n) is 14.3. The summed E-state index contributed by atoms with van der Waals surface area (Å²) in [6.45, 7) is 0. The number of amides is 1. The molecule has 2 N–H and O–H groups in total. The van der Waals surface area contributed by atoms with Crippen molar-refractivity contribution in [3.63, 3.8) is 0 Å². The Morgan fingerprint density at radius 1 is 1.04 bits per heavy atom. The molecule has 6 nitrogen and oxygen atoms in total. The number of carbonyl (C=O) groups is 1.